The first-order valence-corrected chi connectivity index (χ1v) is 5.32. The van der Waals surface area contributed by atoms with Gasteiger partial charge >= 0.3 is 0 Å². The number of hydrogen-bond acceptors (Lipinski definition) is 1. The molecule has 0 spiro atoms. The summed E-state index contributed by atoms with van der Waals surface area (Å²) in [6, 6.07) is 0. The third kappa shape index (κ3) is 2.51. The molecule has 1 aliphatic heterocycles. The molecule has 1 heterocycles. The van der Waals surface area contributed by atoms with Gasteiger partial charge in [0.15, 0.2) is 0 Å². The molecule has 0 N–H and O–H groups in total. The highest BCUT2D eigenvalue weighted by atomic mass is 35.5. The third-order valence-corrected chi connectivity index (χ3v) is 3.51. The number of rotatable bonds is 2. The van der Waals surface area contributed by atoms with Gasteiger partial charge in [-0.25, -0.2) is 0 Å². The van der Waals surface area contributed by atoms with E-state index in [1.165, 1.54) is 0 Å². The van der Waals surface area contributed by atoms with Gasteiger partial charge in [-0.1, -0.05) is 13.3 Å². The van der Waals surface area contributed by atoms with Gasteiger partial charge in [0.1, 0.15) is 0 Å². The van der Waals surface area contributed by atoms with E-state index in [1.54, 1.807) is 0 Å². The minimum absolute atomic E-state index is 0.0488. The zero-order valence-corrected chi connectivity index (χ0v) is 9.16. The van der Waals surface area contributed by atoms with Gasteiger partial charge in [-0.3, -0.25) is 0 Å². The first-order chi connectivity index (χ1) is 5.56. The molecule has 3 unspecified atom stereocenters. The Morgan fingerprint density at radius 3 is 2.75 bits per heavy atom. The van der Waals surface area contributed by atoms with Crippen LogP contribution < -0.4 is 0 Å². The number of alkyl halides is 2. The van der Waals surface area contributed by atoms with Crippen LogP contribution in [0.3, 0.4) is 0 Å². The summed E-state index contributed by atoms with van der Waals surface area (Å²) >= 11 is 12.3. The molecule has 0 saturated carbocycles. The van der Waals surface area contributed by atoms with Crippen LogP contribution in [0.25, 0.3) is 0 Å². The predicted octanol–water partition coefficient (Wildman–Crippen LogP) is 3.18. The second-order valence-corrected chi connectivity index (χ2v) is 5.08. The molecule has 0 bridgehead atoms. The summed E-state index contributed by atoms with van der Waals surface area (Å²) in [4.78, 5) is -0.278. The lowest BCUT2D eigenvalue weighted by atomic mass is 9.94. The molecule has 0 amide bonds. The largest absolute Gasteiger partial charge is 0.377 e. The molecule has 3 atom stereocenters. The van der Waals surface area contributed by atoms with E-state index in [1.807, 2.05) is 6.92 Å². The topological polar surface area (TPSA) is 9.23 Å². The Balaban J connectivity index is 2.45. The average Bonchev–Trinajstić information content (AvgIpc) is 1.97. The molecule has 0 aromatic rings. The second kappa shape index (κ2) is 4.17. The number of hydrogen-bond donors (Lipinski definition) is 0. The Morgan fingerprint density at radius 2 is 2.25 bits per heavy atom. The Morgan fingerprint density at radius 1 is 1.58 bits per heavy atom. The number of ether oxygens (including phenoxy) is 1. The quantitative estimate of drug-likeness (QED) is 0.637. The summed E-state index contributed by atoms with van der Waals surface area (Å²) in [6.45, 7) is 4.74. The molecule has 12 heavy (non-hydrogen) atoms. The van der Waals surface area contributed by atoms with E-state index >= 15 is 0 Å². The second-order valence-electron chi connectivity index (χ2n) is 3.69. The highest BCUT2D eigenvalue weighted by Gasteiger charge is 2.38. The molecule has 0 aliphatic carbocycles. The van der Waals surface area contributed by atoms with E-state index in [0.717, 1.165) is 19.3 Å². The van der Waals surface area contributed by atoms with E-state index in [-0.39, 0.29) is 10.3 Å². The van der Waals surface area contributed by atoms with Crippen molar-refractivity contribution in [1.29, 1.82) is 0 Å². The van der Waals surface area contributed by atoms with Crippen molar-refractivity contribution in [3.05, 3.63) is 0 Å². The lowest BCUT2D eigenvalue weighted by Gasteiger charge is -2.37. The average molecular weight is 211 g/mol. The van der Waals surface area contributed by atoms with Crippen molar-refractivity contribution in [3.63, 3.8) is 0 Å². The zero-order chi connectivity index (χ0) is 9.19. The molecule has 1 aliphatic rings. The first kappa shape index (κ1) is 10.6. The molecule has 1 rings (SSSR count). The maximum absolute atomic E-state index is 6.24. The van der Waals surface area contributed by atoms with Gasteiger partial charge in [-0.15, -0.1) is 23.2 Å². The first-order valence-electron chi connectivity index (χ1n) is 4.51. The Bertz CT molecular complexity index is 147. The van der Waals surface area contributed by atoms with Crippen LogP contribution in [-0.4, -0.2) is 23.0 Å². The van der Waals surface area contributed by atoms with Crippen LogP contribution in [0.2, 0.25) is 0 Å². The molecule has 0 aromatic heterocycles. The van der Waals surface area contributed by atoms with Crippen molar-refractivity contribution in [2.75, 3.05) is 6.61 Å². The number of halogens is 2. The summed E-state index contributed by atoms with van der Waals surface area (Å²) in [5.74, 6) is 0. The summed E-state index contributed by atoms with van der Waals surface area (Å²) in [7, 11) is 0. The normalized spacial score (nSPS) is 43.0. The fraction of sp³-hybridized carbons (Fsp3) is 1.00. The van der Waals surface area contributed by atoms with E-state index in [0.29, 0.717) is 12.7 Å². The molecule has 72 valence electrons. The standard InChI is InChI=1S/C9H16Cl2O/c1-3-4-7-5-9(2,11)8(10)6-12-7/h7-8H,3-6H2,1-2H3. The maximum atomic E-state index is 6.24. The van der Waals surface area contributed by atoms with Crippen molar-refractivity contribution in [3.8, 4) is 0 Å². The molecule has 1 saturated heterocycles. The summed E-state index contributed by atoms with van der Waals surface area (Å²) in [6.07, 6.45) is 3.42. The molecule has 1 fully saturated rings. The van der Waals surface area contributed by atoms with Crippen LogP contribution in [0.1, 0.15) is 33.1 Å². The molecule has 1 nitrogen and oxygen atoms in total. The fourth-order valence-corrected chi connectivity index (χ4v) is 1.93. The van der Waals surface area contributed by atoms with E-state index in [9.17, 15) is 0 Å². The van der Waals surface area contributed by atoms with Gasteiger partial charge in [-0.2, -0.15) is 0 Å². The Labute approximate surface area is 84.4 Å². The molecular formula is C9H16Cl2O. The lowest BCUT2D eigenvalue weighted by molar-refractivity contribution is -0.0000641. The summed E-state index contributed by atoms with van der Waals surface area (Å²) in [5, 5.41) is -0.0488. The van der Waals surface area contributed by atoms with Gasteiger partial charge in [0.2, 0.25) is 0 Å². The summed E-state index contributed by atoms with van der Waals surface area (Å²) < 4.78 is 5.55. The van der Waals surface area contributed by atoms with Crippen molar-refractivity contribution in [2.45, 2.75) is 49.5 Å². The Hall–Kier alpha value is 0.540. The van der Waals surface area contributed by atoms with Crippen molar-refractivity contribution >= 4 is 23.2 Å². The van der Waals surface area contributed by atoms with Crippen LogP contribution in [0.5, 0.6) is 0 Å². The van der Waals surface area contributed by atoms with Crippen LogP contribution >= 0.6 is 23.2 Å². The lowest BCUT2D eigenvalue weighted by Crippen LogP contribution is -2.43. The van der Waals surface area contributed by atoms with Crippen molar-refractivity contribution in [2.24, 2.45) is 0 Å². The maximum Gasteiger partial charge on any atom is 0.0759 e. The highest BCUT2D eigenvalue weighted by Crippen LogP contribution is 2.35. The van der Waals surface area contributed by atoms with Gasteiger partial charge in [0.25, 0.3) is 0 Å². The van der Waals surface area contributed by atoms with Crippen LogP contribution in [-0.2, 0) is 4.74 Å². The Kier molecular flexibility index (Phi) is 3.69. The third-order valence-electron chi connectivity index (χ3n) is 2.37. The summed E-state index contributed by atoms with van der Waals surface area (Å²) in [5.41, 5.74) is 0. The van der Waals surface area contributed by atoms with Gasteiger partial charge in [0, 0.05) is 0 Å². The van der Waals surface area contributed by atoms with E-state index < -0.39 is 0 Å². The minimum atomic E-state index is -0.278. The SMILES string of the molecule is CCCC1CC(C)(Cl)C(Cl)CO1. The minimum Gasteiger partial charge on any atom is -0.377 e. The predicted molar refractivity (Wildman–Crippen MR) is 53.2 cm³/mol. The van der Waals surface area contributed by atoms with Crippen LogP contribution in [0.4, 0.5) is 0 Å². The molecular weight excluding hydrogens is 195 g/mol. The smallest absolute Gasteiger partial charge is 0.0759 e. The fourth-order valence-electron chi connectivity index (χ4n) is 1.53. The zero-order valence-electron chi connectivity index (χ0n) is 7.65. The van der Waals surface area contributed by atoms with Crippen LogP contribution in [0.15, 0.2) is 0 Å². The van der Waals surface area contributed by atoms with Crippen LogP contribution in [0, 0.1) is 0 Å². The van der Waals surface area contributed by atoms with Gasteiger partial charge in [-0.05, 0) is 19.8 Å². The molecule has 3 heteroatoms. The van der Waals surface area contributed by atoms with Crippen molar-refractivity contribution < 1.29 is 4.74 Å². The molecule has 0 radical (unpaired) electrons. The van der Waals surface area contributed by atoms with Gasteiger partial charge in [0.05, 0.1) is 23.0 Å². The van der Waals surface area contributed by atoms with Crippen molar-refractivity contribution in [1.82, 2.24) is 0 Å². The van der Waals surface area contributed by atoms with E-state index in [4.69, 9.17) is 27.9 Å². The van der Waals surface area contributed by atoms with Gasteiger partial charge < -0.3 is 4.74 Å². The monoisotopic (exact) mass is 210 g/mol. The molecule has 0 aromatic carbocycles. The highest BCUT2D eigenvalue weighted by molar-refractivity contribution is 6.32. The van der Waals surface area contributed by atoms with E-state index in [2.05, 4.69) is 6.92 Å².